The summed E-state index contributed by atoms with van der Waals surface area (Å²) in [7, 11) is 0. The van der Waals surface area contributed by atoms with Crippen LogP contribution in [0.5, 0.6) is 0 Å². The van der Waals surface area contributed by atoms with Gasteiger partial charge in [-0.15, -0.1) is 0 Å². The largest absolute Gasteiger partial charge is 0.444 e. The molecule has 4 aromatic rings. The zero-order valence-electron chi connectivity index (χ0n) is 20.2. The number of rotatable bonds is 10. The molecule has 2 aromatic heterocycles. The van der Waals surface area contributed by atoms with Crippen LogP contribution >= 0.6 is 23.4 Å². The van der Waals surface area contributed by atoms with Gasteiger partial charge in [0.25, 0.3) is 0 Å². The number of pyridine rings is 1. The lowest BCUT2D eigenvalue weighted by Gasteiger charge is -2.15. The quantitative estimate of drug-likeness (QED) is 0.225. The minimum absolute atomic E-state index is 0.128. The topological polar surface area (TPSA) is 119 Å². The number of aromatic nitrogens is 2. The van der Waals surface area contributed by atoms with Gasteiger partial charge < -0.3 is 14.8 Å². The molecule has 0 saturated carbocycles. The Morgan fingerprint density at radius 1 is 1.00 bits per heavy atom. The number of anilines is 1. The number of aliphatic hydroxyl groups is 1. The fourth-order valence-corrected chi connectivity index (χ4v) is 4.82. The van der Waals surface area contributed by atoms with Crippen LogP contribution in [0.25, 0.3) is 22.6 Å². The molecule has 0 unspecified atom stereocenters. The first-order valence-corrected chi connectivity index (χ1v) is 13.1. The Morgan fingerprint density at radius 2 is 1.70 bits per heavy atom. The van der Waals surface area contributed by atoms with Gasteiger partial charge in [-0.1, -0.05) is 47.6 Å². The number of thioether (sulfide) groups is 1. The fourth-order valence-electron chi connectivity index (χ4n) is 3.83. The minimum Gasteiger partial charge on any atom is -0.444 e. The highest BCUT2D eigenvalue weighted by molar-refractivity contribution is 7.98. The number of aliphatic hydroxyl groups excluding tert-OH is 1. The Morgan fingerprint density at radius 3 is 2.35 bits per heavy atom. The second kappa shape index (κ2) is 12.4. The van der Waals surface area contributed by atoms with Crippen molar-refractivity contribution in [3.63, 3.8) is 0 Å². The SMILES string of the molecule is CCNc1nc(SCc2coc(-c3ccc(Cl)cc3)n2)c(C#N)c(-c2ccc(CCCO)cc2)c1C#N. The number of oxazole rings is 1. The second-order valence-corrected chi connectivity index (χ2v) is 9.51. The number of aryl methyl sites for hydroxylation is 1. The molecule has 2 heterocycles. The van der Waals surface area contributed by atoms with Crippen molar-refractivity contribution in [2.75, 3.05) is 18.5 Å². The third-order valence-corrected chi connectivity index (χ3v) is 6.86. The fraction of sp³-hybridized carbons (Fsp3) is 0.214. The van der Waals surface area contributed by atoms with E-state index in [1.54, 1.807) is 18.4 Å². The molecule has 0 fully saturated rings. The van der Waals surface area contributed by atoms with Crippen molar-refractivity contribution >= 4 is 29.2 Å². The van der Waals surface area contributed by atoms with Gasteiger partial charge in [0.1, 0.15) is 34.8 Å². The normalized spacial score (nSPS) is 10.6. The van der Waals surface area contributed by atoms with Crippen LogP contribution in [0.15, 0.2) is 64.2 Å². The number of hydrogen-bond acceptors (Lipinski definition) is 8. The number of benzene rings is 2. The van der Waals surface area contributed by atoms with Gasteiger partial charge in [-0.25, -0.2) is 9.97 Å². The maximum Gasteiger partial charge on any atom is 0.226 e. The predicted molar refractivity (Wildman–Crippen MR) is 145 cm³/mol. The van der Waals surface area contributed by atoms with Crippen molar-refractivity contribution in [2.24, 2.45) is 0 Å². The molecule has 0 radical (unpaired) electrons. The van der Waals surface area contributed by atoms with Gasteiger partial charge >= 0.3 is 0 Å². The van der Waals surface area contributed by atoms with Crippen molar-refractivity contribution in [1.82, 2.24) is 9.97 Å². The minimum atomic E-state index is 0.128. The van der Waals surface area contributed by atoms with Gasteiger partial charge in [-0.3, -0.25) is 0 Å². The summed E-state index contributed by atoms with van der Waals surface area (Å²) in [6.07, 6.45) is 3.02. The predicted octanol–water partition coefficient (Wildman–Crippen LogP) is 6.45. The standard InChI is InChI=1S/C28H24ClN5O2S/c1-2-32-26-23(14-30)25(19-7-5-18(6-8-19)4-3-13-35)24(15-31)28(34-26)37-17-22-16-36-27(33-22)20-9-11-21(29)12-10-20/h5-12,16,35H,2-4,13,17H2,1H3,(H,32,34). The third-order valence-electron chi connectivity index (χ3n) is 5.60. The molecule has 0 atom stereocenters. The van der Waals surface area contributed by atoms with E-state index in [4.69, 9.17) is 21.1 Å². The van der Waals surface area contributed by atoms with E-state index in [-0.39, 0.29) is 6.61 Å². The van der Waals surface area contributed by atoms with Crippen molar-refractivity contribution in [1.29, 1.82) is 10.5 Å². The third kappa shape index (κ3) is 6.12. The maximum absolute atomic E-state index is 10.1. The second-order valence-electron chi connectivity index (χ2n) is 8.11. The van der Waals surface area contributed by atoms with Crippen LogP contribution in [0.4, 0.5) is 5.82 Å². The number of nitrogens with one attached hydrogen (secondary N) is 1. The maximum atomic E-state index is 10.1. The van der Waals surface area contributed by atoms with Crippen molar-refractivity contribution < 1.29 is 9.52 Å². The van der Waals surface area contributed by atoms with E-state index in [1.165, 1.54) is 11.8 Å². The lowest BCUT2D eigenvalue weighted by molar-refractivity contribution is 0.288. The first kappa shape index (κ1) is 26.2. The van der Waals surface area contributed by atoms with Gasteiger partial charge in [0.2, 0.25) is 5.89 Å². The average molecular weight is 530 g/mol. The molecule has 0 aliphatic carbocycles. The van der Waals surface area contributed by atoms with Crippen LogP contribution in [-0.2, 0) is 12.2 Å². The van der Waals surface area contributed by atoms with Crippen LogP contribution in [-0.4, -0.2) is 28.2 Å². The van der Waals surface area contributed by atoms with Gasteiger partial charge in [-0.05, 0) is 55.2 Å². The molecule has 0 aliphatic rings. The van der Waals surface area contributed by atoms with Gasteiger partial charge in [-0.2, -0.15) is 10.5 Å². The Hall–Kier alpha value is -3.82. The summed E-state index contributed by atoms with van der Waals surface area (Å²) < 4.78 is 5.64. The van der Waals surface area contributed by atoms with E-state index in [1.807, 2.05) is 43.3 Å². The molecule has 0 saturated heterocycles. The molecule has 9 heteroatoms. The Bertz CT molecular complexity index is 1450. The molecule has 7 nitrogen and oxygen atoms in total. The lowest BCUT2D eigenvalue weighted by Crippen LogP contribution is -2.07. The molecule has 4 rings (SSSR count). The highest BCUT2D eigenvalue weighted by atomic mass is 35.5. The van der Waals surface area contributed by atoms with Crippen LogP contribution in [0.3, 0.4) is 0 Å². The summed E-state index contributed by atoms with van der Waals surface area (Å²) in [5.41, 5.74) is 4.57. The van der Waals surface area contributed by atoms with E-state index >= 15 is 0 Å². The first-order valence-electron chi connectivity index (χ1n) is 11.7. The molecule has 0 bridgehead atoms. The van der Waals surface area contributed by atoms with E-state index in [2.05, 4.69) is 27.4 Å². The van der Waals surface area contributed by atoms with Crippen molar-refractivity contribution in [3.05, 3.63) is 82.2 Å². The molecule has 0 amide bonds. The highest BCUT2D eigenvalue weighted by Gasteiger charge is 2.22. The monoisotopic (exact) mass is 529 g/mol. The molecule has 37 heavy (non-hydrogen) atoms. The highest BCUT2D eigenvalue weighted by Crippen LogP contribution is 2.37. The van der Waals surface area contributed by atoms with Crippen molar-refractivity contribution in [2.45, 2.75) is 30.5 Å². The molecule has 0 aliphatic heterocycles. The van der Waals surface area contributed by atoms with Gasteiger partial charge in [0, 0.05) is 35.1 Å². The number of nitrogens with zero attached hydrogens (tertiary/aromatic N) is 4. The Labute approximate surface area is 224 Å². The molecule has 2 aromatic carbocycles. The van der Waals surface area contributed by atoms with E-state index < -0.39 is 0 Å². The first-order chi connectivity index (χ1) is 18.1. The van der Waals surface area contributed by atoms with E-state index in [0.717, 1.165) is 23.1 Å². The smallest absolute Gasteiger partial charge is 0.226 e. The van der Waals surface area contributed by atoms with Gasteiger partial charge in [0.05, 0.1) is 11.3 Å². The average Bonchev–Trinajstić information content (AvgIpc) is 3.40. The number of nitriles is 2. The van der Waals surface area contributed by atoms with E-state index in [0.29, 0.717) is 62.9 Å². The van der Waals surface area contributed by atoms with E-state index in [9.17, 15) is 10.5 Å². The summed E-state index contributed by atoms with van der Waals surface area (Å²) in [6, 6.07) is 19.5. The molecule has 2 N–H and O–H groups in total. The van der Waals surface area contributed by atoms with Crippen LogP contribution in [0, 0.1) is 22.7 Å². The summed E-state index contributed by atoms with van der Waals surface area (Å²) in [4.78, 5) is 9.20. The lowest BCUT2D eigenvalue weighted by atomic mass is 9.95. The molecular formula is C28H24ClN5O2S. The number of hydrogen-bond donors (Lipinski definition) is 2. The summed E-state index contributed by atoms with van der Waals surface area (Å²) >= 11 is 7.33. The molecular weight excluding hydrogens is 506 g/mol. The summed E-state index contributed by atoms with van der Waals surface area (Å²) in [5.74, 6) is 1.35. The molecule has 0 spiro atoms. The summed E-state index contributed by atoms with van der Waals surface area (Å²) in [5, 5.41) is 33.6. The van der Waals surface area contributed by atoms with Crippen LogP contribution in [0.2, 0.25) is 5.02 Å². The van der Waals surface area contributed by atoms with Crippen LogP contribution < -0.4 is 5.32 Å². The molecule has 186 valence electrons. The Balaban J connectivity index is 1.68. The Kier molecular flexibility index (Phi) is 8.81. The van der Waals surface area contributed by atoms with Crippen LogP contribution in [0.1, 0.15) is 35.7 Å². The van der Waals surface area contributed by atoms with Gasteiger partial charge in [0.15, 0.2) is 0 Å². The zero-order chi connectivity index (χ0) is 26.2. The number of halogens is 1. The summed E-state index contributed by atoms with van der Waals surface area (Å²) in [6.45, 7) is 2.63. The zero-order valence-corrected chi connectivity index (χ0v) is 21.7. The van der Waals surface area contributed by atoms with Crippen molar-refractivity contribution in [3.8, 4) is 34.7 Å².